The molecule has 0 radical (unpaired) electrons. The van der Waals surface area contributed by atoms with Gasteiger partial charge in [0.15, 0.2) is 11.5 Å². The first-order valence-corrected chi connectivity index (χ1v) is 4.67. The molecule has 72 valence electrons. The van der Waals surface area contributed by atoms with Crippen LogP contribution in [0.15, 0.2) is 21.4 Å². The third kappa shape index (κ3) is 1.60. The first-order chi connectivity index (χ1) is 6.66. The first-order valence-electron chi connectivity index (χ1n) is 3.87. The number of aryl methyl sites for hydroxylation is 1. The van der Waals surface area contributed by atoms with Gasteiger partial charge in [-0.05, 0) is 22.9 Å². The van der Waals surface area contributed by atoms with Crippen LogP contribution in [0.2, 0.25) is 0 Å². The van der Waals surface area contributed by atoms with Gasteiger partial charge in [0.1, 0.15) is 10.4 Å². The fourth-order valence-corrected chi connectivity index (χ4v) is 1.28. The average molecular weight is 255 g/mol. The van der Waals surface area contributed by atoms with Gasteiger partial charge in [-0.3, -0.25) is 0 Å². The van der Waals surface area contributed by atoms with Crippen LogP contribution in [-0.4, -0.2) is 15.0 Å². The Bertz CT molecular complexity index is 468. The van der Waals surface area contributed by atoms with E-state index in [9.17, 15) is 0 Å². The van der Waals surface area contributed by atoms with E-state index in [0.29, 0.717) is 27.8 Å². The van der Waals surface area contributed by atoms with Gasteiger partial charge < -0.3 is 10.2 Å². The molecule has 0 aliphatic heterocycles. The minimum absolute atomic E-state index is 0.301. The van der Waals surface area contributed by atoms with E-state index in [0.717, 1.165) is 0 Å². The van der Waals surface area contributed by atoms with Crippen molar-refractivity contribution in [1.29, 1.82) is 0 Å². The summed E-state index contributed by atoms with van der Waals surface area (Å²) in [4.78, 5) is 12.1. The van der Waals surface area contributed by atoms with Gasteiger partial charge >= 0.3 is 0 Å². The van der Waals surface area contributed by atoms with Crippen molar-refractivity contribution in [2.24, 2.45) is 0 Å². The quantitative estimate of drug-likeness (QED) is 0.840. The van der Waals surface area contributed by atoms with Crippen LogP contribution < -0.4 is 5.73 Å². The zero-order valence-corrected chi connectivity index (χ0v) is 8.95. The Balaban J connectivity index is 2.55. The molecule has 2 aromatic heterocycles. The maximum Gasteiger partial charge on any atom is 0.249 e. The van der Waals surface area contributed by atoms with Crippen LogP contribution in [0.25, 0.3) is 11.6 Å². The van der Waals surface area contributed by atoms with E-state index in [1.165, 1.54) is 6.20 Å². The zero-order chi connectivity index (χ0) is 10.1. The molecule has 0 spiro atoms. The van der Waals surface area contributed by atoms with E-state index < -0.39 is 0 Å². The molecule has 0 amide bonds. The Morgan fingerprint density at radius 1 is 1.36 bits per heavy atom. The normalized spacial score (nSPS) is 10.4. The summed E-state index contributed by atoms with van der Waals surface area (Å²) >= 11 is 3.20. The lowest BCUT2D eigenvalue weighted by Gasteiger charge is -1.98. The van der Waals surface area contributed by atoms with Crippen molar-refractivity contribution in [3.05, 3.63) is 22.8 Å². The largest absolute Gasteiger partial charge is 0.440 e. The molecule has 0 fully saturated rings. The van der Waals surface area contributed by atoms with Crippen LogP contribution in [0.3, 0.4) is 0 Å². The molecule has 5 nitrogen and oxygen atoms in total. The molecule has 0 aromatic carbocycles. The number of hydrogen-bond acceptors (Lipinski definition) is 5. The standard InChI is InChI=1S/C8H7BrN4O/c1-4-2-12-8(14-4)6-7(10)11-3-5(9)13-6/h2-3H,1H3,(H2,10,11). The van der Waals surface area contributed by atoms with Crippen molar-refractivity contribution in [1.82, 2.24) is 15.0 Å². The second-order valence-electron chi connectivity index (χ2n) is 2.70. The molecule has 0 saturated heterocycles. The summed E-state index contributed by atoms with van der Waals surface area (Å²) in [6.45, 7) is 1.80. The van der Waals surface area contributed by atoms with Gasteiger partial charge in [0.2, 0.25) is 5.89 Å². The number of halogens is 1. The van der Waals surface area contributed by atoms with Gasteiger partial charge in [0.05, 0.1) is 12.4 Å². The topological polar surface area (TPSA) is 77.8 Å². The number of oxazole rings is 1. The second-order valence-corrected chi connectivity index (χ2v) is 3.52. The van der Waals surface area contributed by atoms with Gasteiger partial charge in [-0.2, -0.15) is 0 Å². The van der Waals surface area contributed by atoms with Gasteiger partial charge in [-0.1, -0.05) is 0 Å². The number of nitrogens with two attached hydrogens (primary N) is 1. The van der Waals surface area contributed by atoms with Gasteiger partial charge in [-0.25, -0.2) is 15.0 Å². The van der Waals surface area contributed by atoms with Gasteiger partial charge in [-0.15, -0.1) is 0 Å². The highest BCUT2D eigenvalue weighted by molar-refractivity contribution is 9.10. The predicted octanol–water partition coefficient (Wildman–Crippen LogP) is 1.78. The lowest BCUT2D eigenvalue weighted by Crippen LogP contribution is -1.97. The summed E-state index contributed by atoms with van der Waals surface area (Å²) in [7, 11) is 0. The maximum absolute atomic E-state index is 5.64. The van der Waals surface area contributed by atoms with Crippen LogP contribution in [0.5, 0.6) is 0 Å². The predicted molar refractivity (Wildman–Crippen MR) is 54.4 cm³/mol. The molecular weight excluding hydrogens is 248 g/mol. The maximum atomic E-state index is 5.64. The highest BCUT2D eigenvalue weighted by Crippen LogP contribution is 2.22. The fourth-order valence-electron chi connectivity index (χ4n) is 0.998. The molecule has 0 unspecified atom stereocenters. The molecule has 2 aromatic rings. The number of anilines is 1. The highest BCUT2D eigenvalue weighted by Gasteiger charge is 2.11. The van der Waals surface area contributed by atoms with Crippen LogP contribution in [-0.2, 0) is 0 Å². The number of rotatable bonds is 1. The van der Waals surface area contributed by atoms with E-state index in [1.54, 1.807) is 13.1 Å². The summed E-state index contributed by atoms with van der Waals surface area (Å²) in [6.07, 6.45) is 3.13. The average Bonchev–Trinajstić information content (AvgIpc) is 2.56. The van der Waals surface area contributed by atoms with Crippen molar-refractivity contribution < 1.29 is 4.42 Å². The number of aromatic nitrogens is 3. The van der Waals surface area contributed by atoms with Crippen molar-refractivity contribution >= 4 is 21.7 Å². The van der Waals surface area contributed by atoms with E-state index >= 15 is 0 Å². The smallest absolute Gasteiger partial charge is 0.249 e. The zero-order valence-electron chi connectivity index (χ0n) is 7.36. The van der Waals surface area contributed by atoms with E-state index in [4.69, 9.17) is 10.2 Å². The molecule has 0 atom stereocenters. The lowest BCUT2D eigenvalue weighted by atomic mass is 10.4. The molecule has 0 aliphatic rings. The van der Waals surface area contributed by atoms with Crippen molar-refractivity contribution in [2.75, 3.05) is 5.73 Å². The second kappa shape index (κ2) is 3.38. The monoisotopic (exact) mass is 254 g/mol. The third-order valence-electron chi connectivity index (χ3n) is 1.60. The molecule has 0 bridgehead atoms. The van der Waals surface area contributed by atoms with Crippen molar-refractivity contribution in [3.63, 3.8) is 0 Å². The summed E-state index contributed by atoms with van der Waals surface area (Å²) in [6, 6.07) is 0. The Hall–Kier alpha value is -1.43. The Morgan fingerprint density at radius 2 is 2.14 bits per heavy atom. The Morgan fingerprint density at radius 3 is 2.79 bits per heavy atom. The number of nitrogens with zero attached hydrogens (tertiary/aromatic N) is 3. The molecule has 2 rings (SSSR count). The molecular formula is C8H7BrN4O. The van der Waals surface area contributed by atoms with Crippen LogP contribution >= 0.6 is 15.9 Å². The fraction of sp³-hybridized carbons (Fsp3) is 0.125. The summed E-state index contributed by atoms with van der Waals surface area (Å²) < 4.78 is 5.89. The lowest BCUT2D eigenvalue weighted by molar-refractivity contribution is 0.540. The summed E-state index contributed by atoms with van der Waals surface area (Å²) in [5.74, 6) is 1.39. The first kappa shape index (κ1) is 9.14. The van der Waals surface area contributed by atoms with Crippen molar-refractivity contribution in [3.8, 4) is 11.6 Å². The highest BCUT2D eigenvalue weighted by atomic mass is 79.9. The van der Waals surface area contributed by atoms with E-state index in [-0.39, 0.29) is 0 Å². The molecule has 14 heavy (non-hydrogen) atoms. The van der Waals surface area contributed by atoms with Crippen LogP contribution in [0, 0.1) is 6.92 Å². The van der Waals surface area contributed by atoms with Crippen molar-refractivity contribution in [2.45, 2.75) is 6.92 Å². The minimum Gasteiger partial charge on any atom is -0.440 e. The Labute approximate surface area is 88.5 Å². The molecule has 0 aliphatic carbocycles. The molecule has 2 N–H and O–H groups in total. The van der Waals surface area contributed by atoms with E-state index in [2.05, 4.69) is 30.9 Å². The molecule has 6 heteroatoms. The van der Waals surface area contributed by atoms with Gasteiger partial charge in [0.25, 0.3) is 0 Å². The third-order valence-corrected chi connectivity index (χ3v) is 1.98. The minimum atomic E-state index is 0.301. The summed E-state index contributed by atoms with van der Waals surface area (Å²) in [5.41, 5.74) is 6.09. The summed E-state index contributed by atoms with van der Waals surface area (Å²) in [5, 5.41) is 0. The number of hydrogen-bond donors (Lipinski definition) is 1. The van der Waals surface area contributed by atoms with Crippen LogP contribution in [0.1, 0.15) is 5.76 Å². The molecule has 2 heterocycles. The van der Waals surface area contributed by atoms with Gasteiger partial charge in [0, 0.05) is 0 Å². The van der Waals surface area contributed by atoms with Crippen LogP contribution in [0.4, 0.5) is 5.82 Å². The number of nitrogen functional groups attached to an aromatic ring is 1. The Kier molecular flexibility index (Phi) is 2.20. The molecule has 0 saturated carbocycles. The SMILES string of the molecule is Cc1cnc(-c2nc(Br)cnc2N)o1. The van der Waals surface area contributed by atoms with E-state index in [1.807, 2.05) is 0 Å².